The Bertz CT molecular complexity index is 635. The van der Waals surface area contributed by atoms with Crippen molar-refractivity contribution in [1.29, 1.82) is 0 Å². The van der Waals surface area contributed by atoms with Gasteiger partial charge in [0.05, 0.1) is 11.5 Å². The van der Waals surface area contributed by atoms with Gasteiger partial charge in [0.1, 0.15) is 10.7 Å². The van der Waals surface area contributed by atoms with E-state index in [9.17, 15) is 10.1 Å². The summed E-state index contributed by atoms with van der Waals surface area (Å²) in [5, 5.41) is 19.6. The van der Waals surface area contributed by atoms with Crippen molar-refractivity contribution in [2.24, 2.45) is 7.05 Å². The van der Waals surface area contributed by atoms with E-state index in [1.807, 2.05) is 13.1 Å². The minimum Gasteiger partial charge on any atom is -0.358 e. The molecule has 0 amide bonds. The normalized spacial score (nSPS) is 10.8. The van der Waals surface area contributed by atoms with Crippen LogP contribution in [-0.4, -0.2) is 19.7 Å². The molecule has 114 valence electrons. The molecule has 8 heteroatoms. The third-order valence-corrected chi connectivity index (χ3v) is 4.26. The fourth-order valence-electron chi connectivity index (χ4n) is 2.12. The zero-order valence-electron chi connectivity index (χ0n) is 12.4. The molecule has 2 heterocycles. The first-order valence-electron chi connectivity index (χ1n) is 6.94. The summed E-state index contributed by atoms with van der Waals surface area (Å²) in [5.41, 5.74) is 0.604. The SMILES string of the molecule is CCCc1nn(C)c(NCc2ncc(CC)s2)c1[N+](=O)[O-]. The van der Waals surface area contributed by atoms with Crippen LogP contribution in [0.2, 0.25) is 0 Å². The monoisotopic (exact) mass is 309 g/mol. The number of nitrogens with one attached hydrogen (secondary N) is 1. The van der Waals surface area contributed by atoms with Gasteiger partial charge in [-0.15, -0.1) is 11.3 Å². The van der Waals surface area contributed by atoms with Gasteiger partial charge in [0.15, 0.2) is 0 Å². The van der Waals surface area contributed by atoms with Gasteiger partial charge in [-0.2, -0.15) is 5.10 Å². The van der Waals surface area contributed by atoms with E-state index in [1.54, 1.807) is 18.4 Å². The molecule has 0 spiro atoms. The van der Waals surface area contributed by atoms with Crippen LogP contribution in [0.1, 0.15) is 35.8 Å². The first-order valence-corrected chi connectivity index (χ1v) is 7.76. The molecule has 0 atom stereocenters. The molecule has 0 saturated carbocycles. The second-order valence-electron chi connectivity index (χ2n) is 4.70. The lowest BCUT2D eigenvalue weighted by Gasteiger charge is -2.03. The maximum absolute atomic E-state index is 11.3. The van der Waals surface area contributed by atoms with E-state index >= 15 is 0 Å². The summed E-state index contributed by atoms with van der Waals surface area (Å²) in [4.78, 5) is 16.4. The van der Waals surface area contributed by atoms with Gasteiger partial charge in [-0.05, 0) is 12.8 Å². The highest BCUT2D eigenvalue weighted by atomic mass is 32.1. The van der Waals surface area contributed by atoms with Gasteiger partial charge in [-0.25, -0.2) is 9.67 Å². The molecule has 2 aromatic heterocycles. The average Bonchev–Trinajstić information content (AvgIpc) is 3.01. The Hall–Kier alpha value is -1.96. The molecule has 0 aliphatic rings. The van der Waals surface area contributed by atoms with Gasteiger partial charge < -0.3 is 5.32 Å². The largest absolute Gasteiger partial charge is 0.358 e. The maximum atomic E-state index is 11.3. The Morgan fingerprint density at radius 2 is 2.24 bits per heavy atom. The highest BCUT2D eigenvalue weighted by molar-refractivity contribution is 7.11. The number of hydrogen-bond donors (Lipinski definition) is 1. The smallest absolute Gasteiger partial charge is 0.334 e. The van der Waals surface area contributed by atoms with Crippen LogP contribution >= 0.6 is 11.3 Å². The van der Waals surface area contributed by atoms with E-state index in [-0.39, 0.29) is 10.6 Å². The molecule has 0 saturated heterocycles. The van der Waals surface area contributed by atoms with Crippen molar-refractivity contribution < 1.29 is 4.92 Å². The van der Waals surface area contributed by atoms with Crippen LogP contribution in [-0.2, 0) is 26.4 Å². The van der Waals surface area contributed by atoms with Crippen molar-refractivity contribution in [3.63, 3.8) is 0 Å². The Morgan fingerprint density at radius 1 is 1.48 bits per heavy atom. The molecule has 0 aliphatic carbocycles. The number of aryl methyl sites for hydroxylation is 3. The summed E-state index contributed by atoms with van der Waals surface area (Å²) >= 11 is 1.62. The molecule has 1 N–H and O–H groups in total. The number of rotatable bonds is 7. The zero-order valence-corrected chi connectivity index (χ0v) is 13.2. The molecule has 2 aromatic rings. The summed E-state index contributed by atoms with van der Waals surface area (Å²) < 4.78 is 1.54. The number of aromatic nitrogens is 3. The van der Waals surface area contributed by atoms with Crippen LogP contribution in [0.25, 0.3) is 0 Å². The molecular formula is C13H19N5O2S. The summed E-state index contributed by atoms with van der Waals surface area (Å²) in [7, 11) is 1.72. The number of anilines is 1. The van der Waals surface area contributed by atoms with Crippen molar-refractivity contribution in [2.75, 3.05) is 5.32 Å². The first kappa shape index (κ1) is 15.4. The maximum Gasteiger partial charge on any atom is 0.334 e. The Kier molecular flexibility index (Phi) is 4.89. The predicted molar refractivity (Wildman–Crippen MR) is 82.7 cm³/mol. The minimum absolute atomic E-state index is 0.0756. The van der Waals surface area contributed by atoms with E-state index in [4.69, 9.17) is 0 Å². The van der Waals surface area contributed by atoms with Crippen molar-refractivity contribution in [1.82, 2.24) is 14.8 Å². The number of nitro groups is 1. The van der Waals surface area contributed by atoms with Crippen molar-refractivity contribution in [2.45, 2.75) is 39.7 Å². The second-order valence-corrected chi connectivity index (χ2v) is 5.90. The number of thiazole rings is 1. The van der Waals surface area contributed by atoms with Crippen LogP contribution in [0.4, 0.5) is 11.5 Å². The van der Waals surface area contributed by atoms with Crippen molar-refractivity contribution in [3.8, 4) is 0 Å². The minimum atomic E-state index is -0.361. The topological polar surface area (TPSA) is 85.9 Å². The molecule has 0 aromatic carbocycles. The fraction of sp³-hybridized carbons (Fsp3) is 0.538. The molecule has 0 aliphatic heterocycles. The van der Waals surface area contributed by atoms with Gasteiger partial charge in [0, 0.05) is 18.1 Å². The molecular weight excluding hydrogens is 290 g/mol. The van der Waals surface area contributed by atoms with Crippen LogP contribution in [0, 0.1) is 10.1 Å². The van der Waals surface area contributed by atoms with Gasteiger partial charge in [0.2, 0.25) is 5.82 Å². The number of nitrogens with zero attached hydrogens (tertiary/aromatic N) is 4. The third-order valence-electron chi connectivity index (χ3n) is 3.12. The zero-order chi connectivity index (χ0) is 15.4. The summed E-state index contributed by atoms with van der Waals surface area (Å²) in [6.45, 7) is 4.53. The van der Waals surface area contributed by atoms with Gasteiger partial charge in [-0.3, -0.25) is 10.1 Å². The second kappa shape index (κ2) is 6.66. The number of hydrogen-bond acceptors (Lipinski definition) is 6. The van der Waals surface area contributed by atoms with E-state index in [1.165, 1.54) is 9.56 Å². The highest BCUT2D eigenvalue weighted by Gasteiger charge is 2.25. The van der Waals surface area contributed by atoms with Crippen molar-refractivity contribution >= 4 is 22.8 Å². The van der Waals surface area contributed by atoms with E-state index < -0.39 is 0 Å². The summed E-state index contributed by atoms with van der Waals surface area (Å²) in [6, 6.07) is 0. The fourth-order valence-corrected chi connectivity index (χ4v) is 2.92. The van der Waals surface area contributed by atoms with E-state index in [0.29, 0.717) is 24.5 Å². The van der Waals surface area contributed by atoms with E-state index in [2.05, 4.69) is 22.3 Å². The first-order chi connectivity index (χ1) is 10.1. The quantitative estimate of drug-likeness (QED) is 0.628. The van der Waals surface area contributed by atoms with Crippen LogP contribution in [0.15, 0.2) is 6.20 Å². The van der Waals surface area contributed by atoms with Crippen molar-refractivity contribution in [3.05, 3.63) is 31.9 Å². The standard InChI is InChI=1S/C13H19N5O2S/c1-4-6-10-12(18(19)20)13(17(3)16-10)15-8-11-14-7-9(5-2)21-11/h7,15H,4-6,8H2,1-3H3. The van der Waals surface area contributed by atoms with Gasteiger partial charge in [0.25, 0.3) is 0 Å². The molecule has 0 bridgehead atoms. The Morgan fingerprint density at radius 3 is 2.81 bits per heavy atom. The van der Waals surface area contributed by atoms with Crippen LogP contribution in [0.3, 0.4) is 0 Å². The van der Waals surface area contributed by atoms with Crippen LogP contribution in [0.5, 0.6) is 0 Å². The summed E-state index contributed by atoms with van der Waals surface area (Å²) in [6.07, 6.45) is 4.22. The van der Waals surface area contributed by atoms with Crippen LogP contribution < -0.4 is 5.32 Å². The molecule has 21 heavy (non-hydrogen) atoms. The molecule has 0 fully saturated rings. The molecule has 7 nitrogen and oxygen atoms in total. The Labute approximate surface area is 127 Å². The highest BCUT2D eigenvalue weighted by Crippen LogP contribution is 2.29. The predicted octanol–water partition coefficient (Wildman–Crippen LogP) is 2.91. The van der Waals surface area contributed by atoms with Gasteiger partial charge >= 0.3 is 5.69 Å². The molecule has 0 unspecified atom stereocenters. The Balaban J connectivity index is 2.20. The third kappa shape index (κ3) is 3.38. The lowest BCUT2D eigenvalue weighted by atomic mass is 10.2. The lowest BCUT2D eigenvalue weighted by molar-refractivity contribution is -0.384. The summed E-state index contributed by atoms with van der Waals surface area (Å²) in [5.74, 6) is 0.441. The molecule has 2 rings (SSSR count). The average molecular weight is 309 g/mol. The van der Waals surface area contributed by atoms with Gasteiger partial charge in [-0.1, -0.05) is 20.3 Å². The van der Waals surface area contributed by atoms with E-state index in [0.717, 1.165) is 17.8 Å². The molecule has 0 radical (unpaired) electrons. The lowest BCUT2D eigenvalue weighted by Crippen LogP contribution is -2.06.